The standard InChI is InChI=1S/C20H25F3N4O/c1-26-10-7-16(8-11-26)14-27(12-9-15-5-3-2-4-6-15)19(28)17-13-18(25-24-17)20(21,22)23/h2-6,13,16H,7-12,14H2,1H3,(H,24,25). The van der Waals surface area contributed by atoms with Crippen LogP contribution >= 0.6 is 0 Å². The predicted molar refractivity (Wildman–Crippen MR) is 99.9 cm³/mol. The minimum atomic E-state index is -4.55. The highest BCUT2D eigenvalue weighted by Crippen LogP contribution is 2.28. The molecule has 0 radical (unpaired) electrons. The Morgan fingerprint density at radius 3 is 2.54 bits per heavy atom. The number of amides is 1. The van der Waals surface area contributed by atoms with Crippen LogP contribution in [0.1, 0.15) is 34.6 Å². The van der Waals surface area contributed by atoms with Crippen LogP contribution in [0.4, 0.5) is 13.2 Å². The Kier molecular flexibility index (Phi) is 6.39. The van der Waals surface area contributed by atoms with Gasteiger partial charge in [-0.15, -0.1) is 0 Å². The van der Waals surface area contributed by atoms with E-state index in [0.29, 0.717) is 25.4 Å². The highest BCUT2D eigenvalue weighted by molar-refractivity contribution is 5.92. The van der Waals surface area contributed by atoms with Crippen molar-refractivity contribution in [1.29, 1.82) is 0 Å². The fourth-order valence-electron chi connectivity index (χ4n) is 3.48. The van der Waals surface area contributed by atoms with Crippen molar-refractivity contribution in [3.05, 3.63) is 53.3 Å². The summed E-state index contributed by atoms with van der Waals surface area (Å²) in [7, 11) is 2.07. The topological polar surface area (TPSA) is 52.2 Å². The van der Waals surface area contributed by atoms with Gasteiger partial charge in [-0.25, -0.2) is 0 Å². The van der Waals surface area contributed by atoms with Crippen LogP contribution in [-0.4, -0.2) is 59.1 Å². The fourth-order valence-corrected chi connectivity index (χ4v) is 3.48. The predicted octanol–water partition coefficient (Wildman–Crippen LogP) is 3.46. The molecule has 1 aliphatic rings. The maximum atomic E-state index is 12.9. The van der Waals surface area contributed by atoms with Crippen molar-refractivity contribution >= 4 is 5.91 Å². The number of carbonyl (C=O) groups excluding carboxylic acids is 1. The number of carbonyl (C=O) groups is 1. The van der Waals surface area contributed by atoms with Crippen LogP contribution in [0, 0.1) is 5.92 Å². The van der Waals surface area contributed by atoms with Gasteiger partial charge >= 0.3 is 6.18 Å². The van der Waals surface area contributed by atoms with Crippen molar-refractivity contribution in [1.82, 2.24) is 20.0 Å². The molecular weight excluding hydrogens is 369 g/mol. The van der Waals surface area contributed by atoms with Crippen LogP contribution in [0.2, 0.25) is 0 Å². The van der Waals surface area contributed by atoms with Crippen LogP contribution in [0.25, 0.3) is 0 Å². The van der Waals surface area contributed by atoms with Gasteiger partial charge in [0.1, 0.15) is 5.69 Å². The van der Waals surface area contributed by atoms with E-state index in [1.807, 2.05) is 35.4 Å². The number of benzene rings is 1. The molecule has 1 aliphatic heterocycles. The third-order valence-electron chi connectivity index (χ3n) is 5.22. The first-order valence-electron chi connectivity index (χ1n) is 9.47. The highest BCUT2D eigenvalue weighted by atomic mass is 19.4. The largest absolute Gasteiger partial charge is 0.432 e. The molecule has 152 valence electrons. The van der Waals surface area contributed by atoms with Gasteiger partial charge in [0.25, 0.3) is 5.91 Å². The van der Waals surface area contributed by atoms with E-state index in [9.17, 15) is 18.0 Å². The lowest BCUT2D eigenvalue weighted by atomic mass is 9.96. The van der Waals surface area contributed by atoms with Gasteiger partial charge in [0, 0.05) is 19.2 Å². The second-order valence-electron chi connectivity index (χ2n) is 7.40. The molecule has 1 fully saturated rings. The Morgan fingerprint density at radius 2 is 1.93 bits per heavy atom. The monoisotopic (exact) mass is 394 g/mol. The van der Waals surface area contributed by atoms with Gasteiger partial charge in [-0.05, 0) is 50.9 Å². The zero-order valence-electron chi connectivity index (χ0n) is 15.9. The lowest BCUT2D eigenvalue weighted by Gasteiger charge is -2.33. The van der Waals surface area contributed by atoms with Gasteiger partial charge in [-0.2, -0.15) is 18.3 Å². The molecule has 5 nitrogen and oxygen atoms in total. The number of likely N-dealkylation sites (tertiary alicyclic amines) is 1. The van der Waals surface area contributed by atoms with Crippen LogP contribution in [0.3, 0.4) is 0 Å². The fraction of sp³-hybridized carbons (Fsp3) is 0.500. The number of piperidine rings is 1. The number of alkyl halides is 3. The average Bonchev–Trinajstić information content (AvgIpc) is 3.18. The van der Waals surface area contributed by atoms with Gasteiger partial charge in [0.05, 0.1) is 0 Å². The van der Waals surface area contributed by atoms with E-state index in [0.717, 1.165) is 37.6 Å². The van der Waals surface area contributed by atoms with E-state index >= 15 is 0 Å². The number of H-pyrrole nitrogens is 1. The number of nitrogens with one attached hydrogen (secondary N) is 1. The summed E-state index contributed by atoms with van der Waals surface area (Å²) in [5.74, 6) is -0.112. The molecule has 28 heavy (non-hydrogen) atoms. The normalized spacial score (nSPS) is 16.3. The quantitative estimate of drug-likeness (QED) is 0.817. The molecule has 1 saturated heterocycles. The van der Waals surface area contributed by atoms with Crippen LogP contribution in [0.5, 0.6) is 0 Å². The maximum Gasteiger partial charge on any atom is 0.432 e. The number of rotatable bonds is 6. The Morgan fingerprint density at radius 1 is 1.25 bits per heavy atom. The third kappa shape index (κ3) is 5.34. The van der Waals surface area contributed by atoms with Crippen molar-refractivity contribution < 1.29 is 18.0 Å². The summed E-state index contributed by atoms with van der Waals surface area (Å²) in [5, 5.41) is 5.55. The summed E-state index contributed by atoms with van der Waals surface area (Å²) in [6.07, 6.45) is -1.95. The summed E-state index contributed by atoms with van der Waals surface area (Å²) in [6, 6.07) is 10.5. The molecule has 1 aromatic heterocycles. The Balaban J connectivity index is 1.72. The van der Waals surface area contributed by atoms with Crippen LogP contribution in [0.15, 0.2) is 36.4 Å². The van der Waals surface area contributed by atoms with E-state index < -0.39 is 17.8 Å². The molecule has 2 heterocycles. The summed E-state index contributed by atoms with van der Waals surface area (Å²) >= 11 is 0. The SMILES string of the molecule is CN1CCC(CN(CCc2ccccc2)C(=O)c2cc(C(F)(F)F)[nH]n2)CC1. The lowest BCUT2D eigenvalue weighted by Crippen LogP contribution is -2.41. The Labute approximate surface area is 162 Å². The minimum absolute atomic E-state index is 0.187. The van der Waals surface area contributed by atoms with Gasteiger partial charge in [0.2, 0.25) is 0 Å². The molecule has 8 heteroatoms. The van der Waals surface area contributed by atoms with Crippen molar-refractivity contribution in [2.24, 2.45) is 5.92 Å². The number of halogens is 3. The summed E-state index contributed by atoms with van der Waals surface area (Å²) in [4.78, 5) is 16.8. The maximum absolute atomic E-state index is 12.9. The molecule has 0 atom stereocenters. The second-order valence-corrected chi connectivity index (χ2v) is 7.40. The highest BCUT2D eigenvalue weighted by Gasteiger charge is 2.34. The van der Waals surface area contributed by atoms with E-state index in [1.54, 1.807) is 4.90 Å². The first kappa shape index (κ1) is 20.4. The first-order chi connectivity index (χ1) is 13.3. The van der Waals surface area contributed by atoms with Gasteiger partial charge in [0.15, 0.2) is 5.69 Å². The number of aromatic nitrogens is 2. The van der Waals surface area contributed by atoms with Gasteiger partial charge in [-0.3, -0.25) is 9.89 Å². The molecule has 1 amide bonds. The molecule has 0 bridgehead atoms. The molecule has 1 N–H and O–H groups in total. The van der Waals surface area contributed by atoms with Crippen LogP contribution in [-0.2, 0) is 12.6 Å². The minimum Gasteiger partial charge on any atom is -0.337 e. The Bertz CT molecular complexity index is 767. The number of hydrogen-bond donors (Lipinski definition) is 1. The smallest absolute Gasteiger partial charge is 0.337 e. The molecule has 0 saturated carbocycles. The molecular formula is C20H25F3N4O. The van der Waals surface area contributed by atoms with E-state index in [-0.39, 0.29) is 5.69 Å². The first-order valence-corrected chi connectivity index (χ1v) is 9.47. The number of hydrogen-bond acceptors (Lipinski definition) is 3. The van der Waals surface area contributed by atoms with Crippen molar-refractivity contribution in [2.75, 3.05) is 33.2 Å². The lowest BCUT2D eigenvalue weighted by molar-refractivity contribution is -0.141. The molecule has 2 aromatic rings. The zero-order chi connectivity index (χ0) is 20.1. The van der Waals surface area contributed by atoms with Gasteiger partial charge < -0.3 is 9.80 Å². The number of aromatic amines is 1. The molecule has 3 rings (SSSR count). The molecule has 0 unspecified atom stereocenters. The molecule has 1 aromatic carbocycles. The van der Waals surface area contributed by atoms with Crippen LogP contribution < -0.4 is 0 Å². The van der Waals surface area contributed by atoms with Crippen molar-refractivity contribution in [3.63, 3.8) is 0 Å². The van der Waals surface area contributed by atoms with E-state index in [4.69, 9.17) is 0 Å². The summed E-state index contributed by atoms with van der Waals surface area (Å²) in [5.41, 5.74) is -0.104. The van der Waals surface area contributed by atoms with E-state index in [1.165, 1.54) is 0 Å². The third-order valence-corrected chi connectivity index (χ3v) is 5.22. The van der Waals surface area contributed by atoms with Crippen molar-refractivity contribution in [2.45, 2.75) is 25.4 Å². The average molecular weight is 394 g/mol. The Hall–Kier alpha value is -2.35. The molecule has 0 spiro atoms. The van der Waals surface area contributed by atoms with Gasteiger partial charge in [-0.1, -0.05) is 30.3 Å². The second kappa shape index (κ2) is 8.77. The summed E-state index contributed by atoms with van der Waals surface area (Å²) in [6.45, 7) is 2.91. The van der Waals surface area contributed by atoms with E-state index in [2.05, 4.69) is 17.0 Å². The van der Waals surface area contributed by atoms with Crippen molar-refractivity contribution in [3.8, 4) is 0 Å². The number of nitrogens with zero attached hydrogens (tertiary/aromatic N) is 3. The molecule has 0 aliphatic carbocycles. The zero-order valence-corrected chi connectivity index (χ0v) is 15.9. The summed E-state index contributed by atoms with van der Waals surface area (Å²) < 4.78 is 38.5.